The molecule has 5 unspecified atom stereocenters. The molecule has 0 radical (unpaired) electrons. The second-order valence-electron chi connectivity index (χ2n) is 40.1. The molecular formula is C120H204S9. The summed E-state index contributed by atoms with van der Waals surface area (Å²) < 4.78 is 0. The maximum absolute atomic E-state index is 2.44. The Kier molecular flexibility index (Phi) is 65.1. The second kappa shape index (κ2) is 67.5. The van der Waals surface area contributed by atoms with E-state index >= 15 is 0 Å². The molecule has 0 fully saturated rings. The Morgan fingerprint density at radius 1 is 0.163 bits per heavy atom. The monoisotopic (exact) mass is 1930 g/mol. The van der Waals surface area contributed by atoms with E-state index in [1.165, 1.54) is 312 Å². The van der Waals surface area contributed by atoms with Gasteiger partial charge in [-0.1, -0.05) is 272 Å². The number of unbranched alkanes of at least 4 members (excludes halogenated alkanes) is 11. The van der Waals surface area contributed by atoms with Crippen LogP contribution in [0.5, 0.6) is 0 Å². The van der Waals surface area contributed by atoms with Crippen LogP contribution in [0.1, 0.15) is 460 Å². The average Bonchev–Trinajstić information content (AvgIpc) is 1.67. The van der Waals surface area contributed by atoms with Crippen LogP contribution in [-0.4, -0.2) is 0 Å². The zero-order chi connectivity index (χ0) is 98.2. The lowest BCUT2D eigenvalue weighted by Crippen LogP contribution is -2.06. The Hall–Kier alpha value is -2.70. The van der Waals surface area contributed by atoms with Crippen molar-refractivity contribution in [3.8, 4) is 0 Å². The predicted molar refractivity (Wildman–Crippen MR) is 611 cm³/mol. The van der Waals surface area contributed by atoms with Crippen molar-refractivity contribution in [2.45, 2.75) is 516 Å². The lowest BCUT2D eigenvalue weighted by Gasteiger charge is -2.16. The second-order valence-corrected chi connectivity index (χ2v) is 53.0. The first kappa shape index (κ1) is 124. The van der Waals surface area contributed by atoms with Crippen LogP contribution in [0.15, 0.2) is 0 Å². The number of hydrogen-bond acceptors (Lipinski definition) is 9. The molecule has 0 nitrogen and oxygen atoms in total. The van der Waals surface area contributed by atoms with Crippen LogP contribution in [-0.2, 0) is 64.2 Å². The first-order valence-electron chi connectivity index (χ1n) is 52.3. The lowest BCUT2D eigenvalue weighted by molar-refractivity contribution is 0.435. The zero-order valence-electron chi connectivity index (χ0n) is 92.8. The van der Waals surface area contributed by atoms with Crippen LogP contribution in [0.2, 0.25) is 0 Å². The summed E-state index contributed by atoms with van der Waals surface area (Å²) in [4.78, 5) is 27.3. The summed E-state index contributed by atoms with van der Waals surface area (Å²) >= 11 is 17.6. The van der Waals surface area contributed by atoms with Crippen molar-refractivity contribution >= 4 is 102 Å². The van der Waals surface area contributed by atoms with Crippen molar-refractivity contribution in [2.75, 3.05) is 0 Å². The maximum atomic E-state index is 2.44. The Bertz CT molecular complexity index is 4110. The van der Waals surface area contributed by atoms with Gasteiger partial charge >= 0.3 is 0 Å². The fraction of sp³-hybridized carbons (Fsp3) is 0.700. The Morgan fingerprint density at radius 3 is 0.543 bits per heavy atom. The van der Waals surface area contributed by atoms with Gasteiger partial charge in [0.05, 0.1) is 0 Å². The van der Waals surface area contributed by atoms with Crippen LogP contribution in [0.4, 0.5) is 0 Å². The van der Waals surface area contributed by atoms with Gasteiger partial charge in [-0.25, -0.2) is 0 Å². The largest absolute Gasteiger partial charge is 0.145 e. The smallest absolute Gasteiger partial charge is 0.00519 e. The Morgan fingerprint density at radius 2 is 0.341 bits per heavy atom. The fourth-order valence-electron chi connectivity index (χ4n) is 17.9. The molecule has 0 amide bonds. The summed E-state index contributed by atoms with van der Waals surface area (Å²) in [6.07, 6.45) is 45.9. The molecule has 0 saturated carbocycles. The average molecular weight is 1940 g/mol. The third-order valence-electron chi connectivity index (χ3n) is 28.2. The van der Waals surface area contributed by atoms with E-state index in [9.17, 15) is 0 Å². The van der Waals surface area contributed by atoms with E-state index in [1.54, 1.807) is 94.7 Å². The molecular weight excluding hydrogens is 1730 g/mol. The minimum Gasteiger partial charge on any atom is -0.145 e. The maximum Gasteiger partial charge on any atom is 0.00519 e. The molecule has 0 aromatic carbocycles. The van der Waals surface area contributed by atoms with Gasteiger partial charge in [-0.3, -0.25) is 0 Å². The summed E-state index contributed by atoms with van der Waals surface area (Å²) in [6, 6.07) is 0. The Labute approximate surface area is 839 Å². The van der Waals surface area contributed by atoms with Gasteiger partial charge in [-0.2, -0.15) is 0 Å². The molecule has 0 aliphatic rings. The molecule has 0 aliphatic heterocycles. The van der Waals surface area contributed by atoms with E-state index in [4.69, 9.17) is 0 Å². The summed E-state index contributed by atoms with van der Waals surface area (Å²) in [6.45, 7) is 97.6. The third-order valence-corrected chi connectivity index (χ3v) is 38.6. The normalized spacial score (nSPS) is 12.3. The van der Waals surface area contributed by atoms with Gasteiger partial charge in [0.1, 0.15) is 0 Å². The number of hydrogen-bond donors (Lipinski definition) is 0. The highest BCUT2D eigenvalue weighted by atomic mass is 32.1. The molecule has 5 atom stereocenters. The molecule has 738 valence electrons. The highest BCUT2D eigenvalue weighted by Crippen LogP contribution is 2.39. The van der Waals surface area contributed by atoms with Gasteiger partial charge in [0.2, 0.25) is 0 Å². The van der Waals surface area contributed by atoms with Gasteiger partial charge < -0.3 is 0 Å². The molecule has 9 rings (SSSR count). The minimum absolute atomic E-state index is 0.767. The first-order valence-corrected chi connectivity index (χ1v) is 59.6. The quantitative estimate of drug-likeness (QED) is 0.0335. The molecule has 9 aromatic rings. The van der Waals surface area contributed by atoms with Gasteiger partial charge in [0.15, 0.2) is 0 Å². The molecule has 0 N–H and O–H groups in total. The van der Waals surface area contributed by atoms with E-state index in [0.717, 1.165) is 41.4 Å². The van der Waals surface area contributed by atoms with Crippen molar-refractivity contribution in [2.24, 2.45) is 41.4 Å². The molecule has 9 heteroatoms. The lowest BCUT2D eigenvalue weighted by atomic mass is 9.89. The minimum atomic E-state index is 0.767. The first-order chi connectivity index (χ1) is 60.8. The molecule has 0 aliphatic carbocycles. The van der Waals surface area contributed by atoms with E-state index in [-0.39, 0.29) is 0 Å². The summed E-state index contributed by atoms with van der Waals surface area (Å²) in [5.41, 5.74) is 28.5. The molecule has 0 saturated heterocycles. The summed E-state index contributed by atoms with van der Waals surface area (Å²) in [5.74, 6) is 5.81. The van der Waals surface area contributed by atoms with Crippen molar-refractivity contribution in [3.05, 3.63) is 188 Å². The van der Waals surface area contributed by atoms with E-state index in [1.807, 2.05) is 102 Å². The van der Waals surface area contributed by atoms with Crippen LogP contribution in [0, 0.1) is 221 Å². The molecule has 0 bridgehead atoms. The highest BCUT2D eigenvalue weighted by molar-refractivity contribution is 7.14. The summed E-state index contributed by atoms with van der Waals surface area (Å²) in [5, 5.41) is 0. The number of thiophene rings is 9. The van der Waals surface area contributed by atoms with Crippen molar-refractivity contribution < 1.29 is 0 Å². The van der Waals surface area contributed by atoms with Gasteiger partial charge in [0, 0.05) is 87.8 Å². The molecule has 129 heavy (non-hydrogen) atoms. The van der Waals surface area contributed by atoms with Gasteiger partial charge in [-0.15, -0.1) is 102 Å². The third kappa shape index (κ3) is 44.8. The molecule has 9 heterocycles. The predicted octanol–water partition coefficient (Wildman–Crippen LogP) is 43.2. The topological polar surface area (TPSA) is 0 Å². The molecule has 9 aromatic heterocycles. The van der Waals surface area contributed by atoms with Crippen LogP contribution in [0.3, 0.4) is 0 Å². The van der Waals surface area contributed by atoms with Gasteiger partial charge in [-0.05, 0) is 386 Å². The molecule has 0 spiro atoms. The summed E-state index contributed by atoms with van der Waals surface area (Å²) in [7, 11) is 0. The van der Waals surface area contributed by atoms with Crippen LogP contribution in [0.25, 0.3) is 0 Å². The van der Waals surface area contributed by atoms with Gasteiger partial charge in [0.25, 0.3) is 0 Å². The Balaban J connectivity index is 0.000000739. The highest BCUT2D eigenvalue weighted by Gasteiger charge is 2.22. The SMILES string of the molecule is CCC(C)Cc1c(C)sc(C)c1CC(C)CC.CCCCCCC(C)Cc1c(C)sc(C)c1CCC.CCCCCCC(CC)Cc1c(C)sc(C)c1CCC.CCCCCCCCC(CC)Cc1c(C)sc(C)c1CCC.Cc1sc(C)c(C)c1C.Cc1sc(C)c(C)c1C.Cc1sc(C)c(C)c1C.Cc1sc(C)c(C)c1C.Cc1sc(C)c(CC(C)C)c1CC(C)C. The standard InChI is InChI=1S/C21H38S.C19H34S.C18H32S.C16H28S.C14H24S.4C8H12S/c1-6-9-10-11-12-13-15-19(8-3)16-21-18(5)22-17(4)20(21)14-7-2;1-6-9-10-11-13-17(8-3)14-19-16(5)20-15(4)18(19)12-7-2;1-6-8-9-10-12-14(3)13-18-16(5)19-15(4)17(18)11-7-2;1-7-11(3)9-15-13(5)17-14(6)16(15)10-12(4)8-2;1-9(2)7-13-11(5)15-12(6)14(13)8-10(3)4;4*1-5-6(2)8(4)9-7(5)3/h19H,6-16H2,1-5H3;17H,6-14H2,1-5H3;14H,6-13H2,1-5H3;11-12H,7-10H2,1-6H3;9-10H,7-8H2,1-6H3;4*1-4H3. The van der Waals surface area contributed by atoms with E-state index in [0.29, 0.717) is 0 Å². The van der Waals surface area contributed by atoms with Crippen molar-refractivity contribution in [1.29, 1.82) is 0 Å². The van der Waals surface area contributed by atoms with Crippen LogP contribution >= 0.6 is 102 Å². The number of aryl methyl sites for hydroxylation is 18. The zero-order valence-corrected chi connectivity index (χ0v) is 100. The van der Waals surface area contributed by atoms with E-state index in [2.05, 4.69) is 298 Å². The van der Waals surface area contributed by atoms with Crippen LogP contribution < -0.4 is 0 Å². The fourth-order valence-corrected chi connectivity index (χ4v) is 27.8. The van der Waals surface area contributed by atoms with Crippen molar-refractivity contribution in [3.63, 3.8) is 0 Å². The number of rotatable bonds is 41. The van der Waals surface area contributed by atoms with E-state index < -0.39 is 0 Å². The van der Waals surface area contributed by atoms with Crippen molar-refractivity contribution in [1.82, 2.24) is 0 Å².